The lowest BCUT2D eigenvalue weighted by Gasteiger charge is -2.19. The molecule has 0 N–H and O–H groups in total. The maximum Gasteiger partial charge on any atom is 0.252 e. The van der Waals surface area contributed by atoms with Crippen molar-refractivity contribution in [1.29, 1.82) is 0 Å². The molecule has 0 fully saturated rings. The van der Waals surface area contributed by atoms with Gasteiger partial charge in [-0.15, -0.1) is 0 Å². The Bertz CT molecular complexity index is 1290. The number of hydrogen-bond donors (Lipinski definition) is 0. The molecule has 5 heteroatoms. The van der Waals surface area contributed by atoms with Gasteiger partial charge in [-0.2, -0.15) is 0 Å². The lowest BCUT2D eigenvalue weighted by molar-refractivity contribution is -0.129. The molecule has 0 aliphatic carbocycles. The van der Waals surface area contributed by atoms with Crippen LogP contribution in [0.5, 0.6) is 5.75 Å². The highest BCUT2D eigenvalue weighted by Crippen LogP contribution is 2.31. The molecular weight excluding hydrogens is 446 g/mol. The SMILES string of the molecule is CN(CCc1ccccc1)C(=O)Cc1cc(C(=O)Cl)cc2c(OCc3ccccc3)cccc12. The van der Waals surface area contributed by atoms with Crippen molar-refractivity contribution in [1.82, 2.24) is 4.90 Å². The Morgan fingerprint density at radius 1 is 0.824 bits per heavy atom. The third kappa shape index (κ3) is 5.83. The number of nitrogens with zero attached hydrogens (tertiary/aromatic N) is 1. The third-order valence-electron chi connectivity index (χ3n) is 5.85. The van der Waals surface area contributed by atoms with E-state index in [0.717, 1.165) is 28.3 Å². The molecule has 4 nitrogen and oxygen atoms in total. The van der Waals surface area contributed by atoms with E-state index < -0.39 is 5.24 Å². The van der Waals surface area contributed by atoms with Gasteiger partial charge in [0, 0.05) is 24.5 Å². The summed E-state index contributed by atoms with van der Waals surface area (Å²) in [6, 6.07) is 29.1. The predicted molar refractivity (Wildman–Crippen MR) is 136 cm³/mol. The Morgan fingerprint density at radius 2 is 1.50 bits per heavy atom. The zero-order chi connectivity index (χ0) is 23.9. The van der Waals surface area contributed by atoms with Crippen molar-refractivity contribution in [2.24, 2.45) is 0 Å². The van der Waals surface area contributed by atoms with Crippen LogP contribution in [-0.4, -0.2) is 29.6 Å². The molecule has 34 heavy (non-hydrogen) atoms. The quantitative estimate of drug-likeness (QED) is 0.279. The van der Waals surface area contributed by atoms with Crippen molar-refractivity contribution < 1.29 is 14.3 Å². The van der Waals surface area contributed by atoms with Gasteiger partial charge in [-0.25, -0.2) is 0 Å². The van der Waals surface area contributed by atoms with Crippen LogP contribution in [-0.2, 0) is 24.2 Å². The first-order chi connectivity index (χ1) is 16.5. The molecule has 0 bridgehead atoms. The standard InChI is InChI=1S/C29H26ClNO3/c1-31(16-15-21-9-4-2-5-10-21)28(32)19-23-17-24(29(30)33)18-26-25(23)13-8-14-27(26)34-20-22-11-6-3-7-12-22/h2-14,17-18H,15-16,19-20H2,1H3. The van der Waals surface area contributed by atoms with Gasteiger partial charge < -0.3 is 9.64 Å². The van der Waals surface area contributed by atoms with Crippen LogP contribution >= 0.6 is 11.6 Å². The van der Waals surface area contributed by atoms with Gasteiger partial charge in [0.2, 0.25) is 5.91 Å². The first kappa shape index (κ1) is 23.5. The van der Waals surface area contributed by atoms with Gasteiger partial charge in [0.1, 0.15) is 12.4 Å². The van der Waals surface area contributed by atoms with E-state index in [-0.39, 0.29) is 12.3 Å². The molecule has 0 aromatic heterocycles. The summed E-state index contributed by atoms with van der Waals surface area (Å²) < 4.78 is 6.09. The van der Waals surface area contributed by atoms with Gasteiger partial charge in [0.25, 0.3) is 5.24 Å². The fraction of sp³-hybridized carbons (Fsp3) is 0.172. The summed E-state index contributed by atoms with van der Waals surface area (Å²) in [6.45, 7) is 1.01. The second-order valence-corrected chi connectivity index (χ2v) is 8.61. The molecule has 0 unspecified atom stereocenters. The number of ether oxygens (including phenoxy) is 1. The first-order valence-electron chi connectivity index (χ1n) is 11.2. The van der Waals surface area contributed by atoms with Gasteiger partial charge in [0.15, 0.2) is 0 Å². The molecule has 0 spiro atoms. The Balaban J connectivity index is 1.57. The lowest BCUT2D eigenvalue weighted by atomic mass is 9.98. The molecular formula is C29H26ClNO3. The van der Waals surface area contributed by atoms with E-state index in [1.807, 2.05) is 66.7 Å². The van der Waals surface area contributed by atoms with Crippen molar-refractivity contribution in [2.45, 2.75) is 19.4 Å². The monoisotopic (exact) mass is 471 g/mol. The molecule has 0 aliphatic rings. The number of amides is 1. The van der Waals surface area contributed by atoms with E-state index >= 15 is 0 Å². The van der Waals surface area contributed by atoms with Crippen molar-refractivity contribution in [2.75, 3.05) is 13.6 Å². The Hall–Kier alpha value is -3.63. The summed E-state index contributed by atoms with van der Waals surface area (Å²) in [4.78, 5) is 26.8. The number of hydrogen-bond acceptors (Lipinski definition) is 3. The Labute approximate surface area is 204 Å². The van der Waals surface area contributed by atoms with Crippen molar-refractivity contribution in [3.05, 3.63) is 113 Å². The van der Waals surface area contributed by atoms with Gasteiger partial charge in [-0.1, -0.05) is 72.8 Å². The highest BCUT2D eigenvalue weighted by molar-refractivity contribution is 6.67. The fourth-order valence-corrected chi connectivity index (χ4v) is 4.03. The second kappa shape index (κ2) is 11.0. The molecule has 0 heterocycles. The minimum atomic E-state index is -0.564. The summed E-state index contributed by atoms with van der Waals surface area (Å²) in [6.07, 6.45) is 0.948. The molecule has 4 aromatic carbocycles. The van der Waals surface area contributed by atoms with E-state index in [4.69, 9.17) is 16.3 Å². The van der Waals surface area contributed by atoms with Crippen molar-refractivity contribution in [3.8, 4) is 5.75 Å². The van der Waals surface area contributed by atoms with E-state index in [0.29, 0.717) is 24.5 Å². The number of likely N-dealkylation sites (N-methyl/N-ethyl adjacent to an activating group) is 1. The Kier molecular flexibility index (Phi) is 7.61. The van der Waals surface area contributed by atoms with Crippen LogP contribution < -0.4 is 4.74 Å². The third-order valence-corrected chi connectivity index (χ3v) is 6.07. The predicted octanol–water partition coefficient (Wildman–Crippen LogP) is 6.04. The van der Waals surface area contributed by atoms with E-state index in [2.05, 4.69) is 12.1 Å². The molecule has 4 rings (SSSR count). The molecule has 172 valence electrons. The molecule has 4 aromatic rings. The summed E-state index contributed by atoms with van der Waals surface area (Å²) in [7, 11) is 1.80. The fourth-order valence-electron chi connectivity index (χ4n) is 3.92. The van der Waals surface area contributed by atoms with E-state index in [9.17, 15) is 9.59 Å². The highest BCUT2D eigenvalue weighted by atomic mass is 35.5. The maximum absolute atomic E-state index is 13.0. The smallest absolute Gasteiger partial charge is 0.252 e. The van der Waals surface area contributed by atoms with Crippen LogP contribution in [0.2, 0.25) is 0 Å². The second-order valence-electron chi connectivity index (χ2n) is 8.26. The normalized spacial score (nSPS) is 10.8. The van der Waals surface area contributed by atoms with Crippen LogP contribution in [0.15, 0.2) is 91.0 Å². The van der Waals surface area contributed by atoms with E-state index in [1.165, 1.54) is 5.56 Å². The molecule has 0 saturated carbocycles. The van der Waals surface area contributed by atoms with Gasteiger partial charge in [-0.3, -0.25) is 9.59 Å². The average Bonchev–Trinajstić information content (AvgIpc) is 2.87. The molecule has 0 aliphatic heterocycles. The summed E-state index contributed by atoms with van der Waals surface area (Å²) in [5, 5.41) is 1.07. The maximum atomic E-state index is 13.0. The zero-order valence-electron chi connectivity index (χ0n) is 19.0. The minimum Gasteiger partial charge on any atom is -0.488 e. The molecule has 0 radical (unpaired) electrons. The summed E-state index contributed by atoms with van der Waals surface area (Å²) in [5.41, 5.74) is 3.32. The first-order valence-corrected chi connectivity index (χ1v) is 11.6. The van der Waals surface area contributed by atoms with Gasteiger partial charge in [-0.05, 0) is 58.3 Å². The number of benzene rings is 4. The molecule has 1 amide bonds. The highest BCUT2D eigenvalue weighted by Gasteiger charge is 2.16. The van der Waals surface area contributed by atoms with Crippen molar-refractivity contribution >= 4 is 33.5 Å². The number of fused-ring (bicyclic) bond motifs is 1. The lowest BCUT2D eigenvalue weighted by Crippen LogP contribution is -2.30. The van der Waals surface area contributed by atoms with Gasteiger partial charge >= 0.3 is 0 Å². The topological polar surface area (TPSA) is 46.6 Å². The number of carbonyl (C=O) groups excluding carboxylic acids is 2. The van der Waals surface area contributed by atoms with Gasteiger partial charge in [0.05, 0.1) is 6.42 Å². The van der Waals surface area contributed by atoms with Crippen LogP contribution in [0.1, 0.15) is 27.0 Å². The van der Waals surface area contributed by atoms with Crippen LogP contribution in [0, 0.1) is 0 Å². The number of halogens is 1. The minimum absolute atomic E-state index is 0.0213. The van der Waals surface area contributed by atoms with Crippen LogP contribution in [0.25, 0.3) is 10.8 Å². The summed E-state index contributed by atoms with van der Waals surface area (Å²) in [5.74, 6) is 0.624. The summed E-state index contributed by atoms with van der Waals surface area (Å²) >= 11 is 5.84. The van der Waals surface area contributed by atoms with Crippen LogP contribution in [0.3, 0.4) is 0 Å². The van der Waals surface area contributed by atoms with Crippen LogP contribution in [0.4, 0.5) is 0 Å². The molecule has 0 atom stereocenters. The molecule has 0 saturated heterocycles. The average molecular weight is 472 g/mol. The zero-order valence-corrected chi connectivity index (χ0v) is 19.8. The largest absolute Gasteiger partial charge is 0.488 e. The number of rotatable bonds is 9. The van der Waals surface area contributed by atoms with Crippen molar-refractivity contribution in [3.63, 3.8) is 0 Å². The number of carbonyl (C=O) groups is 2. The Morgan fingerprint density at radius 3 is 2.18 bits per heavy atom. The van der Waals surface area contributed by atoms with E-state index in [1.54, 1.807) is 24.1 Å².